The third kappa shape index (κ3) is 3.09. The van der Waals surface area contributed by atoms with Gasteiger partial charge in [-0.25, -0.2) is 4.39 Å². The van der Waals surface area contributed by atoms with Gasteiger partial charge in [0.2, 0.25) is 0 Å². The van der Waals surface area contributed by atoms with E-state index in [1.54, 1.807) is 6.07 Å². The van der Waals surface area contributed by atoms with Crippen molar-refractivity contribution in [2.75, 3.05) is 13.1 Å². The molecule has 21 heavy (non-hydrogen) atoms. The first kappa shape index (κ1) is 16.7. The third-order valence-electron chi connectivity index (χ3n) is 4.93. The summed E-state index contributed by atoms with van der Waals surface area (Å²) in [7, 11) is 0. The summed E-state index contributed by atoms with van der Waals surface area (Å²) in [6, 6.07) is 4.31. The van der Waals surface area contributed by atoms with Crippen molar-refractivity contribution >= 4 is 11.6 Å². The van der Waals surface area contributed by atoms with Crippen LogP contribution in [0.15, 0.2) is 18.2 Å². The number of rotatable bonds is 6. The van der Waals surface area contributed by atoms with Crippen LogP contribution < -0.4 is 11.3 Å². The maximum Gasteiger partial charge on any atom is 0.123 e. The van der Waals surface area contributed by atoms with E-state index in [4.69, 9.17) is 17.4 Å². The fourth-order valence-electron chi connectivity index (χ4n) is 3.72. The first-order chi connectivity index (χ1) is 10.1. The quantitative estimate of drug-likeness (QED) is 0.622. The standard InChI is InChI=1S/C16H25ClFN3/c1-3-16(4-2,21-9-5-6-10-21)15(20-19)13-11-12(18)7-8-14(13)17/h7-8,11,15,20H,3-6,9-10,19H2,1-2H3. The largest absolute Gasteiger partial charge is 0.296 e. The number of hydrogen-bond donors (Lipinski definition) is 2. The fraction of sp³-hybridized carbons (Fsp3) is 0.625. The molecular formula is C16H25ClFN3. The molecule has 0 bridgehead atoms. The van der Waals surface area contributed by atoms with E-state index in [9.17, 15) is 4.39 Å². The molecule has 1 aliphatic heterocycles. The first-order valence-electron chi connectivity index (χ1n) is 7.75. The van der Waals surface area contributed by atoms with E-state index < -0.39 is 0 Å². The Balaban J connectivity index is 2.46. The zero-order chi connectivity index (χ0) is 15.5. The molecule has 1 aromatic rings. The van der Waals surface area contributed by atoms with Crippen LogP contribution in [0.4, 0.5) is 4.39 Å². The van der Waals surface area contributed by atoms with Crippen LogP contribution in [-0.2, 0) is 0 Å². The Morgan fingerprint density at radius 1 is 1.33 bits per heavy atom. The molecule has 0 radical (unpaired) electrons. The molecule has 3 N–H and O–H groups in total. The van der Waals surface area contributed by atoms with Crippen LogP contribution in [0.1, 0.15) is 51.1 Å². The van der Waals surface area contributed by atoms with Crippen molar-refractivity contribution in [1.82, 2.24) is 10.3 Å². The normalized spacial score (nSPS) is 18.1. The van der Waals surface area contributed by atoms with E-state index >= 15 is 0 Å². The number of nitrogens with one attached hydrogen (secondary N) is 1. The van der Waals surface area contributed by atoms with Gasteiger partial charge in [0.05, 0.1) is 6.04 Å². The lowest BCUT2D eigenvalue weighted by Crippen LogP contribution is -2.56. The SMILES string of the molecule is CCC(CC)(C(NN)c1cc(F)ccc1Cl)N1CCCC1. The van der Waals surface area contributed by atoms with Crippen LogP contribution in [0, 0.1) is 5.82 Å². The summed E-state index contributed by atoms with van der Waals surface area (Å²) < 4.78 is 13.7. The molecule has 0 saturated carbocycles. The molecule has 0 spiro atoms. The van der Waals surface area contributed by atoms with Crippen molar-refractivity contribution in [3.63, 3.8) is 0 Å². The van der Waals surface area contributed by atoms with E-state index in [1.165, 1.54) is 25.0 Å². The molecule has 1 saturated heterocycles. The molecule has 1 fully saturated rings. The Morgan fingerprint density at radius 3 is 2.48 bits per heavy atom. The molecular weight excluding hydrogens is 289 g/mol. The average molecular weight is 314 g/mol. The molecule has 5 heteroatoms. The summed E-state index contributed by atoms with van der Waals surface area (Å²) in [5.74, 6) is 5.59. The van der Waals surface area contributed by atoms with Gasteiger partial charge >= 0.3 is 0 Å². The van der Waals surface area contributed by atoms with Gasteiger partial charge in [-0.2, -0.15) is 0 Å². The molecule has 0 aromatic heterocycles. The highest BCUT2D eigenvalue weighted by atomic mass is 35.5. The molecule has 3 nitrogen and oxygen atoms in total. The lowest BCUT2D eigenvalue weighted by molar-refractivity contribution is 0.0616. The second-order valence-electron chi connectivity index (χ2n) is 5.77. The predicted octanol–water partition coefficient (Wildman–Crippen LogP) is 3.64. The van der Waals surface area contributed by atoms with Gasteiger partial charge in [0.25, 0.3) is 0 Å². The first-order valence-corrected chi connectivity index (χ1v) is 8.13. The number of benzene rings is 1. The average Bonchev–Trinajstić information content (AvgIpc) is 3.02. The molecule has 0 aliphatic carbocycles. The van der Waals surface area contributed by atoms with E-state index in [0.717, 1.165) is 31.5 Å². The molecule has 1 aromatic carbocycles. The smallest absolute Gasteiger partial charge is 0.123 e. The molecule has 118 valence electrons. The van der Waals surface area contributed by atoms with Crippen LogP contribution in [0.5, 0.6) is 0 Å². The number of hydrogen-bond acceptors (Lipinski definition) is 3. The Kier molecular flexibility index (Phi) is 5.60. The minimum Gasteiger partial charge on any atom is -0.296 e. The lowest BCUT2D eigenvalue weighted by atomic mass is 9.79. The van der Waals surface area contributed by atoms with Crippen LogP contribution in [0.25, 0.3) is 0 Å². The topological polar surface area (TPSA) is 41.3 Å². The second-order valence-corrected chi connectivity index (χ2v) is 6.18. The van der Waals surface area contributed by atoms with E-state index in [-0.39, 0.29) is 17.4 Å². The Hall–Kier alpha value is -0.680. The Bertz CT molecular complexity index is 471. The van der Waals surface area contributed by atoms with Gasteiger partial charge in [0.1, 0.15) is 5.82 Å². The van der Waals surface area contributed by atoms with Gasteiger partial charge in [-0.05, 0) is 62.5 Å². The minimum atomic E-state index is -0.280. The summed E-state index contributed by atoms with van der Waals surface area (Å²) in [4.78, 5) is 2.48. The van der Waals surface area contributed by atoms with Gasteiger partial charge in [0, 0.05) is 10.6 Å². The summed E-state index contributed by atoms with van der Waals surface area (Å²) in [5, 5.41) is 0.560. The molecule has 2 rings (SSSR count). The van der Waals surface area contributed by atoms with Crippen molar-refractivity contribution in [1.29, 1.82) is 0 Å². The Labute approximate surface area is 131 Å². The summed E-state index contributed by atoms with van der Waals surface area (Å²) >= 11 is 6.32. The van der Waals surface area contributed by atoms with E-state index in [2.05, 4.69) is 24.2 Å². The fourth-order valence-corrected chi connectivity index (χ4v) is 3.95. The molecule has 0 amide bonds. The third-order valence-corrected chi connectivity index (χ3v) is 5.28. The number of halogens is 2. The van der Waals surface area contributed by atoms with Crippen LogP contribution >= 0.6 is 11.6 Å². The monoisotopic (exact) mass is 313 g/mol. The number of hydrazine groups is 1. The lowest BCUT2D eigenvalue weighted by Gasteiger charge is -2.47. The highest BCUT2D eigenvalue weighted by Gasteiger charge is 2.43. The highest BCUT2D eigenvalue weighted by molar-refractivity contribution is 6.31. The molecule has 1 aliphatic rings. The van der Waals surface area contributed by atoms with Gasteiger partial charge in [-0.15, -0.1) is 0 Å². The van der Waals surface area contributed by atoms with Crippen LogP contribution in [-0.4, -0.2) is 23.5 Å². The van der Waals surface area contributed by atoms with Crippen molar-refractivity contribution in [3.8, 4) is 0 Å². The van der Waals surface area contributed by atoms with Crippen molar-refractivity contribution in [3.05, 3.63) is 34.6 Å². The van der Waals surface area contributed by atoms with Crippen LogP contribution in [0.3, 0.4) is 0 Å². The number of likely N-dealkylation sites (tertiary alicyclic amines) is 1. The van der Waals surface area contributed by atoms with Crippen LogP contribution in [0.2, 0.25) is 5.02 Å². The highest BCUT2D eigenvalue weighted by Crippen LogP contribution is 2.41. The van der Waals surface area contributed by atoms with Gasteiger partial charge < -0.3 is 0 Å². The second kappa shape index (κ2) is 7.05. The zero-order valence-electron chi connectivity index (χ0n) is 12.8. The summed E-state index contributed by atoms with van der Waals surface area (Å²) in [6.07, 6.45) is 4.28. The van der Waals surface area contributed by atoms with Crippen molar-refractivity contribution in [2.24, 2.45) is 5.84 Å². The van der Waals surface area contributed by atoms with Crippen molar-refractivity contribution in [2.45, 2.75) is 51.1 Å². The molecule has 1 heterocycles. The minimum absolute atomic E-state index is 0.136. The maximum atomic E-state index is 13.7. The summed E-state index contributed by atoms with van der Waals surface area (Å²) in [6.45, 7) is 6.46. The predicted molar refractivity (Wildman–Crippen MR) is 85.6 cm³/mol. The number of nitrogens with zero attached hydrogens (tertiary/aromatic N) is 1. The zero-order valence-corrected chi connectivity index (χ0v) is 13.6. The molecule has 1 atom stereocenters. The van der Waals surface area contributed by atoms with E-state index in [0.29, 0.717) is 5.02 Å². The number of nitrogens with two attached hydrogens (primary N) is 1. The van der Waals surface area contributed by atoms with Gasteiger partial charge in [0.15, 0.2) is 0 Å². The maximum absolute atomic E-state index is 13.7. The van der Waals surface area contributed by atoms with Gasteiger partial charge in [-0.1, -0.05) is 25.4 Å². The van der Waals surface area contributed by atoms with Crippen molar-refractivity contribution < 1.29 is 4.39 Å². The van der Waals surface area contributed by atoms with Gasteiger partial charge in [-0.3, -0.25) is 16.2 Å². The Morgan fingerprint density at radius 2 is 1.95 bits per heavy atom. The molecule has 1 unspecified atom stereocenters. The van der Waals surface area contributed by atoms with E-state index in [1.807, 2.05) is 0 Å². The summed E-state index contributed by atoms with van der Waals surface area (Å²) in [5.41, 5.74) is 3.52.